The maximum absolute atomic E-state index is 13.3. The van der Waals surface area contributed by atoms with Crippen LogP contribution in [0.2, 0.25) is 5.02 Å². The molecule has 2 aromatic carbocycles. The molecule has 3 rings (SSSR count). The molecule has 0 spiro atoms. The predicted octanol–water partition coefficient (Wildman–Crippen LogP) is 4.74. The lowest BCUT2D eigenvalue weighted by Crippen LogP contribution is -2.06. The molecule has 6 nitrogen and oxygen atoms in total. The van der Waals surface area contributed by atoms with Gasteiger partial charge in [0.1, 0.15) is 23.6 Å². The van der Waals surface area contributed by atoms with Crippen LogP contribution in [0.3, 0.4) is 0 Å². The quantitative estimate of drug-likeness (QED) is 0.578. The topological polar surface area (TPSA) is 85.1 Å². The number of halogens is 2. The highest BCUT2D eigenvalue weighted by atomic mass is 35.5. The summed E-state index contributed by atoms with van der Waals surface area (Å²) in [5, 5.41) is 6.16. The minimum absolute atomic E-state index is 0.00613. The molecule has 0 saturated carbocycles. The van der Waals surface area contributed by atoms with E-state index in [1.165, 1.54) is 18.5 Å². The maximum atomic E-state index is 13.3. The lowest BCUT2D eigenvalue weighted by atomic mass is 10.2. The van der Waals surface area contributed by atoms with E-state index in [1.807, 2.05) is 31.2 Å². The number of nitrogens with zero attached hydrogens (tertiary/aromatic N) is 2. The van der Waals surface area contributed by atoms with Crippen LogP contribution in [0.5, 0.6) is 5.75 Å². The Labute approximate surface area is 155 Å². The first-order chi connectivity index (χ1) is 12.6. The first kappa shape index (κ1) is 17.8. The average molecular weight is 374 g/mol. The zero-order valence-electron chi connectivity index (χ0n) is 14.0. The Morgan fingerprint density at radius 3 is 2.58 bits per heavy atom. The summed E-state index contributed by atoms with van der Waals surface area (Å²) in [6, 6.07) is 11.7. The zero-order chi connectivity index (χ0) is 18.5. The van der Waals surface area contributed by atoms with Crippen LogP contribution in [0, 0.1) is 5.82 Å². The van der Waals surface area contributed by atoms with E-state index in [9.17, 15) is 4.39 Å². The number of anilines is 5. The third-order valence-corrected chi connectivity index (χ3v) is 3.80. The summed E-state index contributed by atoms with van der Waals surface area (Å²) in [6.45, 7) is 2.45. The van der Waals surface area contributed by atoms with E-state index in [2.05, 4.69) is 20.6 Å². The molecule has 0 aliphatic rings. The minimum Gasteiger partial charge on any atom is -0.492 e. The maximum Gasteiger partial charge on any atom is 0.159 e. The van der Waals surface area contributed by atoms with Crippen molar-refractivity contribution in [3.05, 3.63) is 59.6 Å². The van der Waals surface area contributed by atoms with Crippen LogP contribution in [0.4, 0.5) is 33.1 Å². The molecular weight excluding hydrogens is 357 g/mol. The molecule has 1 aromatic heterocycles. The van der Waals surface area contributed by atoms with Crippen LogP contribution < -0.4 is 21.1 Å². The van der Waals surface area contributed by atoms with Crippen LogP contribution in [-0.4, -0.2) is 16.6 Å². The van der Waals surface area contributed by atoms with Gasteiger partial charge in [-0.3, -0.25) is 0 Å². The van der Waals surface area contributed by atoms with Gasteiger partial charge in [-0.25, -0.2) is 14.4 Å². The van der Waals surface area contributed by atoms with E-state index in [-0.39, 0.29) is 5.02 Å². The fourth-order valence-electron chi connectivity index (χ4n) is 2.28. The normalized spacial score (nSPS) is 10.4. The lowest BCUT2D eigenvalue weighted by molar-refractivity contribution is 0.342. The fourth-order valence-corrected chi connectivity index (χ4v) is 2.46. The first-order valence-electron chi connectivity index (χ1n) is 7.90. The molecule has 26 heavy (non-hydrogen) atoms. The van der Waals surface area contributed by atoms with Gasteiger partial charge in [-0.05, 0) is 37.3 Å². The van der Waals surface area contributed by atoms with E-state index in [1.54, 1.807) is 6.07 Å². The van der Waals surface area contributed by atoms with Crippen molar-refractivity contribution in [1.82, 2.24) is 9.97 Å². The van der Waals surface area contributed by atoms with Crippen molar-refractivity contribution < 1.29 is 9.13 Å². The second-order valence-corrected chi connectivity index (χ2v) is 5.70. The van der Waals surface area contributed by atoms with E-state index >= 15 is 0 Å². The predicted molar refractivity (Wildman–Crippen MR) is 102 cm³/mol. The smallest absolute Gasteiger partial charge is 0.159 e. The summed E-state index contributed by atoms with van der Waals surface area (Å²) >= 11 is 5.80. The highest BCUT2D eigenvalue weighted by Crippen LogP contribution is 2.32. The third kappa shape index (κ3) is 3.94. The highest BCUT2D eigenvalue weighted by molar-refractivity contribution is 6.31. The van der Waals surface area contributed by atoms with Crippen LogP contribution in [0.25, 0.3) is 0 Å². The number of hydrogen-bond donors (Lipinski definition) is 3. The third-order valence-electron chi connectivity index (χ3n) is 3.51. The molecule has 4 N–H and O–H groups in total. The van der Waals surface area contributed by atoms with Gasteiger partial charge >= 0.3 is 0 Å². The molecule has 0 radical (unpaired) electrons. The van der Waals surface area contributed by atoms with Gasteiger partial charge in [0.15, 0.2) is 11.6 Å². The van der Waals surface area contributed by atoms with Gasteiger partial charge in [0.05, 0.1) is 17.3 Å². The summed E-state index contributed by atoms with van der Waals surface area (Å²) in [7, 11) is 0. The molecule has 0 aliphatic carbocycles. The van der Waals surface area contributed by atoms with E-state index in [4.69, 9.17) is 22.1 Å². The van der Waals surface area contributed by atoms with Gasteiger partial charge in [0, 0.05) is 5.69 Å². The molecule has 0 atom stereocenters. The number of hydrogen-bond acceptors (Lipinski definition) is 6. The van der Waals surface area contributed by atoms with Crippen LogP contribution in [0.1, 0.15) is 6.92 Å². The molecule has 0 fully saturated rings. The number of ether oxygens (including phenoxy) is 1. The molecule has 0 saturated heterocycles. The van der Waals surface area contributed by atoms with Crippen molar-refractivity contribution >= 4 is 40.3 Å². The Bertz CT molecular complexity index is 922. The molecule has 3 aromatic rings. The Morgan fingerprint density at radius 2 is 1.85 bits per heavy atom. The monoisotopic (exact) mass is 373 g/mol. The first-order valence-corrected chi connectivity index (χ1v) is 8.27. The standard InChI is InChI=1S/C18H17ClFN5O/c1-2-26-15-6-4-3-5-14(15)25-18-16(21)17(22-10-23-18)24-11-7-8-13(20)12(19)9-11/h3-10H,2,21H2,1H3,(H2,22,23,24,25). The molecule has 1 heterocycles. The lowest BCUT2D eigenvalue weighted by Gasteiger charge is -2.15. The summed E-state index contributed by atoms with van der Waals surface area (Å²) in [5.74, 6) is 0.984. The number of aromatic nitrogens is 2. The molecule has 8 heteroatoms. The molecule has 0 aliphatic heterocycles. The van der Waals surface area contributed by atoms with Crippen LogP contribution in [0.15, 0.2) is 48.8 Å². The van der Waals surface area contributed by atoms with Gasteiger partial charge in [-0.1, -0.05) is 23.7 Å². The number of rotatable bonds is 6. The van der Waals surface area contributed by atoms with Crippen molar-refractivity contribution in [2.24, 2.45) is 0 Å². The summed E-state index contributed by atoms with van der Waals surface area (Å²) < 4.78 is 18.9. The van der Waals surface area contributed by atoms with Gasteiger partial charge in [0.25, 0.3) is 0 Å². The highest BCUT2D eigenvalue weighted by Gasteiger charge is 2.11. The van der Waals surface area contributed by atoms with Gasteiger partial charge < -0.3 is 21.1 Å². The summed E-state index contributed by atoms with van der Waals surface area (Å²) in [5.41, 5.74) is 7.77. The Balaban J connectivity index is 1.86. The van der Waals surface area contributed by atoms with Crippen molar-refractivity contribution in [3.63, 3.8) is 0 Å². The molecular formula is C18H17ClFN5O. The van der Waals surface area contributed by atoms with Crippen LogP contribution in [-0.2, 0) is 0 Å². The number of nitrogen functional groups attached to an aromatic ring is 1. The summed E-state index contributed by atoms with van der Waals surface area (Å²) in [6.07, 6.45) is 1.37. The number of benzene rings is 2. The molecule has 0 amide bonds. The van der Waals surface area contributed by atoms with Gasteiger partial charge in [-0.15, -0.1) is 0 Å². The van der Waals surface area contributed by atoms with Crippen molar-refractivity contribution in [3.8, 4) is 5.75 Å². The second kappa shape index (κ2) is 7.88. The van der Waals surface area contributed by atoms with Gasteiger partial charge in [0.2, 0.25) is 0 Å². The van der Waals surface area contributed by atoms with Gasteiger partial charge in [-0.2, -0.15) is 0 Å². The Morgan fingerprint density at radius 1 is 1.12 bits per heavy atom. The SMILES string of the molecule is CCOc1ccccc1Nc1ncnc(Nc2ccc(F)c(Cl)c2)c1N. The zero-order valence-corrected chi connectivity index (χ0v) is 14.7. The van der Waals surface area contributed by atoms with E-state index < -0.39 is 5.82 Å². The molecule has 0 bridgehead atoms. The second-order valence-electron chi connectivity index (χ2n) is 5.29. The minimum atomic E-state index is -0.497. The summed E-state index contributed by atoms with van der Waals surface area (Å²) in [4.78, 5) is 8.31. The van der Waals surface area contributed by atoms with Crippen molar-refractivity contribution in [1.29, 1.82) is 0 Å². The van der Waals surface area contributed by atoms with Crippen molar-refractivity contribution in [2.75, 3.05) is 23.0 Å². The van der Waals surface area contributed by atoms with Crippen LogP contribution >= 0.6 is 11.6 Å². The number of nitrogens with two attached hydrogens (primary N) is 1. The molecule has 134 valence electrons. The van der Waals surface area contributed by atoms with E-state index in [0.717, 1.165) is 5.69 Å². The van der Waals surface area contributed by atoms with E-state index in [0.29, 0.717) is 35.4 Å². The fraction of sp³-hybridized carbons (Fsp3) is 0.111. The Kier molecular flexibility index (Phi) is 5.38. The number of nitrogens with one attached hydrogen (secondary N) is 2. The average Bonchev–Trinajstić information content (AvgIpc) is 2.63. The number of para-hydroxylation sites is 2. The Hall–Kier alpha value is -3.06. The largest absolute Gasteiger partial charge is 0.492 e. The molecule has 0 unspecified atom stereocenters. The van der Waals surface area contributed by atoms with Crippen molar-refractivity contribution in [2.45, 2.75) is 6.92 Å².